The molecule has 0 aliphatic heterocycles. The molecule has 1 unspecified atom stereocenters. The van der Waals surface area contributed by atoms with Crippen LogP contribution in [0, 0.1) is 0 Å². The summed E-state index contributed by atoms with van der Waals surface area (Å²) in [5.41, 5.74) is 5.47. The average molecular weight is 582 g/mol. The van der Waals surface area contributed by atoms with Crippen molar-refractivity contribution in [3.05, 3.63) is 119 Å². The Kier molecular flexibility index (Phi) is 10.7. The first-order chi connectivity index (χ1) is 20.4. The van der Waals surface area contributed by atoms with E-state index in [1.165, 1.54) is 5.56 Å². The summed E-state index contributed by atoms with van der Waals surface area (Å²) in [4.78, 5) is 18.0. The zero-order valence-electron chi connectivity index (χ0n) is 26.5. The van der Waals surface area contributed by atoms with Gasteiger partial charge < -0.3 is 10.2 Å². The van der Waals surface area contributed by atoms with E-state index in [0.29, 0.717) is 45.0 Å². The summed E-state index contributed by atoms with van der Waals surface area (Å²) in [5.74, 6) is 0.327. The Morgan fingerprint density at radius 1 is 0.628 bits per heavy atom. The molecule has 0 aliphatic rings. The first-order valence-corrected chi connectivity index (χ1v) is 15.1. The summed E-state index contributed by atoms with van der Waals surface area (Å²) < 4.78 is 0. The molecular formula is C36H47N5O2. The Balaban J connectivity index is 1.60. The molecule has 2 N–H and O–H groups in total. The number of benzene rings is 1. The monoisotopic (exact) mass is 581 g/mol. The molecule has 1 aromatic carbocycles. The molecule has 3 aromatic heterocycles. The molecule has 0 spiro atoms. The second-order valence-electron chi connectivity index (χ2n) is 13.5. The molecule has 0 fully saturated rings. The van der Waals surface area contributed by atoms with Gasteiger partial charge in [0.15, 0.2) is 0 Å². The summed E-state index contributed by atoms with van der Waals surface area (Å²) in [5, 5.41) is 23.0. The Labute approximate surface area is 257 Å². The molecule has 4 rings (SSSR count). The van der Waals surface area contributed by atoms with Gasteiger partial charge in [-0.25, -0.2) is 0 Å². The number of phenols is 1. The molecule has 228 valence electrons. The van der Waals surface area contributed by atoms with Crippen LogP contribution in [-0.2, 0) is 37.0 Å². The molecule has 0 bridgehead atoms. The second kappa shape index (κ2) is 14.2. The smallest absolute Gasteiger partial charge is 0.123 e. The van der Waals surface area contributed by atoms with E-state index in [1.54, 1.807) is 18.6 Å². The van der Waals surface area contributed by atoms with E-state index in [2.05, 4.69) is 78.4 Å². The number of aromatic hydroxyl groups is 1. The zero-order chi connectivity index (χ0) is 31.0. The molecule has 7 nitrogen and oxygen atoms in total. The highest BCUT2D eigenvalue weighted by atomic mass is 16.3. The highest BCUT2D eigenvalue weighted by molar-refractivity contribution is 5.48. The number of aliphatic hydroxyl groups is 1. The molecule has 0 aliphatic carbocycles. The van der Waals surface area contributed by atoms with Crippen LogP contribution in [0.3, 0.4) is 0 Å². The highest BCUT2D eigenvalue weighted by Gasteiger charge is 2.26. The van der Waals surface area contributed by atoms with E-state index >= 15 is 0 Å². The molecule has 0 saturated heterocycles. The van der Waals surface area contributed by atoms with Crippen molar-refractivity contribution in [1.29, 1.82) is 0 Å². The number of nitrogens with zero attached hydrogens (tertiary/aromatic N) is 5. The van der Waals surface area contributed by atoms with E-state index < -0.39 is 6.10 Å². The predicted octanol–water partition coefficient (Wildman–Crippen LogP) is 6.24. The fourth-order valence-electron chi connectivity index (χ4n) is 5.25. The molecule has 0 amide bonds. The van der Waals surface area contributed by atoms with Crippen LogP contribution in [0.4, 0.5) is 0 Å². The van der Waals surface area contributed by atoms with Crippen LogP contribution >= 0.6 is 0 Å². The van der Waals surface area contributed by atoms with Gasteiger partial charge in [0.2, 0.25) is 0 Å². The lowest BCUT2D eigenvalue weighted by Crippen LogP contribution is -2.40. The zero-order valence-corrected chi connectivity index (χ0v) is 26.5. The minimum atomic E-state index is -0.661. The van der Waals surface area contributed by atoms with Crippen LogP contribution < -0.4 is 0 Å². The van der Waals surface area contributed by atoms with E-state index in [1.807, 2.05) is 54.6 Å². The van der Waals surface area contributed by atoms with Gasteiger partial charge in [0.25, 0.3) is 0 Å². The lowest BCUT2D eigenvalue weighted by Gasteiger charge is -2.31. The molecule has 0 radical (unpaired) electrons. The molecule has 0 saturated carbocycles. The van der Waals surface area contributed by atoms with E-state index in [-0.39, 0.29) is 10.8 Å². The maximum atomic E-state index is 11.5. The van der Waals surface area contributed by atoms with Crippen molar-refractivity contribution in [2.24, 2.45) is 0 Å². The molecule has 43 heavy (non-hydrogen) atoms. The van der Waals surface area contributed by atoms with Crippen molar-refractivity contribution >= 4 is 0 Å². The van der Waals surface area contributed by atoms with Crippen LogP contribution in [0.25, 0.3) is 0 Å². The Bertz CT molecular complexity index is 1380. The quantitative estimate of drug-likeness (QED) is 0.205. The standard InChI is InChI=1S/C36H47N5O2/c1-35(2,3)28-19-27(34(43)33(20-28)36(4,5)6)21-40(22-29-13-7-10-16-37-29)25-32(42)26-41(23-30-14-8-11-17-38-30)24-31-15-9-12-18-39-31/h7-20,32,42-43H,21-26H2,1-6H3. The first-order valence-electron chi connectivity index (χ1n) is 15.1. The lowest BCUT2D eigenvalue weighted by atomic mass is 9.79. The Hall–Kier alpha value is -3.65. The number of pyridine rings is 3. The van der Waals surface area contributed by atoms with Crippen LogP contribution in [-0.4, -0.2) is 54.2 Å². The molecule has 3 heterocycles. The summed E-state index contributed by atoms with van der Waals surface area (Å²) in [6.45, 7) is 16.0. The van der Waals surface area contributed by atoms with Gasteiger partial charge >= 0.3 is 0 Å². The van der Waals surface area contributed by atoms with Crippen molar-refractivity contribution in [1.82, 2.24) is 24.8 Å². The molecule has 7 heteroatoms. The molecule has 1 atom stereocenters. The maximum Gasteiger partial charge on any atom is 0.123 e. The SMILES string of the molecule is CC(C)(C)c1cc(CN(Cc2ccccn2)CC(O)CN(Cc2ccccn2)Cc2ccccn2)c(O)c(C(C)(C)C)c1. The van der Waals surface area contributed by atoms with Crippen molar-refractivity contribution in [2.45, 2.75) is 84.7 Å². The minimum Gasteiger partial charge on any atom is -0.507 e. The summed E-state index contributed by atoms with van der Waals surface area (Å²) >= 11 is 0. The third kappa shape index (κ3) is 9.68. The van der Waals surface area contributed by atoms with Crippen molar-refractivity contribution < 1.29 is 10.2 Å². The topological polar surface area (TPSA) is 85.6 Å². The van der Waals surface area contributed by atoms with Gasteiger partial charge in [0.1, 0.15) is 5.75 Å². The third-order valence-corrected chi connectivity index (χ3v) is 7.53. The van der Waals surface area contributed by atoms with Gasteiger partial charge in [0.05, 0.1) is 23.2 Å². The number of aliphatic hydroxyl groups excluding tert-OH is 1. The van der Waals surface area contributed by atoms with Gasteiger partial charge in [-0.1, -0.05) is 71.9 Å². The van der Waals surface area contributed by atoms with Crippen LogP contribution in [0.5, 0.6) is 5.75 Å². The van der Waals surface area contributed by atoms with Crippen molar-refractivity contribution in [3.8, 4) is 5.75 Å². The number of rotatable bonds is 12. The summed E-state index contributed by atoms with van der Waals surface area (Å²) in [6, 6.07) is 21.9. The van der Waals surface area contributed by atoms with Crippen LogP contribution in [0.1, 0.15) is 75.3 Å². The third-order valence-electron chi connectivity index (χ3n) is 7.53. The van der Waals surface area contributed by atoms with Crippen LogP contribution in [0.15, 0.2) is 85.3 Å². The minimum absolute atomic E-state index is 0.0781. The normalized spacial score (nSPS) is 13.0. The van der Waals surface area contributed by atoms with Crippen molar-refractivity contribution in [3.63, 3.8) is 0 Å². The predicted molar refractivity (Wildman–Crippen MR) is 172 cm³/mol. The van der Waals surface area contributed by atoms with Gasteiger partial charge in [-0.3, -0.25) is 24.8 Å². The second-order valence-corrected chi connectivity index (χ2v) is 13.5. The maximum absolute atomic E-state index is 11.5. The van der Waals surface area contributed by atoms with Crippen LogP contribution in [0.2, 0.25) is 0 Å². The number of hydrogen-bond acceptors (Lipinski definition) is 7. The van der Waals surface area contributed by atoms with E-state index in [4.69, 9.17) is 0 Å². The lowest BCUT2D eigenvalue weighted by molar-refractivity contribution is 0.0616. The molecular weight excluding hydrogens is 534 g/mol. The largest absolute Gasteiger partial charge is 0.507 e. The van der Waals surface area contributed by atoms with E-state index in [9.17, 15) is 10.2 Å². The first kappa shape index (κ1) is 32.3. The van der Waals surface area contributed by atoms with Gasteiger partial charge in [-0.05, 0) is 58.4 Å². The Morgan fingerprint density at radius 2 is 1.07 bits per heavy atom. The van der Waals surface area contributed by atoms with Crippen molar-refractivity contribution in [2.75, 3.05) is 13.1 Å². The Morgan fingerprint density at radius 3 is 1.44 bits per heavy atom. The highest BCUT2D eigenvalue weighted by Crippen LogP contribution is 2.38. The number of hydrogen-bond donors (Lipinski definition) is 2. The average Bonchev–Trinajstić information content (AvgIpc) is 2.94. The van der Waals surface area contributed by atoms with Gasteiger partial charge in [-0.2, -0.15) is 0 Å². The molecule has 4 aromatic rings. The summed E-state index contributed by atoms with van der Waals surface area (Å²) in [6.07, 6.45) is 4.72. The van der Waals surface area contributed by atoms with Gasteiger partial charge in [0, 0.05) is 63.4 Å². The summed E-state index contributed by atoms with van der Waals surface area (Å²) in [7, 11) is 0. The fourth-order valence-corrected chi connectivity index (χ4v) is 5.25. The number of phenolic OH excluding ortho intramolecular Hbond substituents is 1. The number of aromatic nitrogens is 3. The van der Waals surface area contributed by atoms with Gasteiger partial charge in [-0.15, -0.1) is 0 Å². The van der Waals surface area contributed by atoms with E-state index in [0.717, 1.165) is 28.2 Å². The fraction of sp³-hybridized carbons (Fsp3) is 0.417.